The SMILES string of the molecule is Cc1nc(SCC(=O)Nc2cc(Cl)ccc2C)cc(-c2ccccn2)n1. The van der Waals surface area contributed by atoms with Crippen molar-refractivity contribution in [1.82, 2.24) is 15.0 Å². The van der Waals surface area contributed by atoms with E-state index < -0.39 is 0 Å². The average Bonchev–Trinajstić information content (AvgIpc) is 2.63. The van der Waals surface area contributed by atoms with Gasteiger partial charge in [0.15, 0.2) is 0 Å². The molecule has 5 nitrogen and oxygen atoms in total. The summed E-state index contributed by atoms with van der Waals surface area (Å²) in [5.74, 6) is 0.766. The maximum atomic E-state index is 12.3. The van der Waals surface area contributed by atoms with Crippen molar-refractivity contribution >= 4 is 35.0 Å². The lowest BCUT2D eigenvalue weighted by Gasteiger charge is -2.09. The quantitative estimate of drug-likeness (QED) is 0.516. The number of pyridine rings is 1. The number of hydrogen-bond acceptors (Lipinski definition) is 5. The van der Waals surface area contributed by atoms with Crippen molar-refractivity contribution in [1.29, 1.82) is 0 Å². The van der Waals surface area contributed by atoms with Crippen LogP contribution in [-0.2, 0) is 4.79 Å². The summed E-state index contributed by atoms with van der Waals surface area (Å²) >= 11 is 7.34. The first-order valence-electron chi connectivity index (χ1n) is 7.97. The molecule has 1 aromatic carbocycles. The largest absolute Gasteiger partial charge is 0.325 e. The summed E-state index contributed by atoms with van der Waals surface area (Å²) in [6, 6.07) is 12.9. The number of amides is 1. The lowest BCUT2D eigenvalue weighted by atomic mass is 10.2. The lowest BCUT2D eigenvalue weighted by molar-refractivity contribution is -0.113. The van der Waals surface area contributed by atoms with Gasteiger partial charge in [0.25, 0.3) is 0 Å². The van der Waals surface area contributed by atoms with E-state index in [9.17, 15) is 4.79 Å². The van der Waals surface area contributed by atoms with E-state index in [4.69, 9.17) is 11.6 Å². The van der Waals surface area contributed by atoms with Gasteiger partial charge in [0, 0.05) is 16.9 Å². The molecule has 2 heterocycles. The number of aromatic nitrogens is 3. The number of nitrogens with zero attached hydrogens (tertiary/aromatic N) is 3. The zero-order valence-electron chi connectivity index (χ0n) is 14.4. The average molecular weight is 385 g/mol. The smallest absolute Gasteiger partial charge is 0.234 e. The predicted molar refractivity (Wildman–Crippen MR) is 106 cm³/mol. The van der Waals surface area contributed by atoms with Gasteiger partial charge in [-0.1, -0.05) is 35.5 Å². The van der Waals surface area contributed by atoms with Crippen LogP contribution < -0.4 is 5.32 Å². The molecule has 0 aliphatic rings. The number of anilines is 1. The molecule has 7 heteroatoms. The summed E-state index contributed by atoms with van der Waals surface area (Å²) in [5, 5.41) is 4.20. The Morgan fingerprint density at radius 1 is 1.12 bits per heavy atom. The third-order valence-electron chi connectivity index (χ3n) is 3.57. The van der Waals surface area contributed by atoms with Crippen LogP contribution in [0.1, 0.15) is 11.4 Å². The minimum atomic E-state index is -0.115. The van der Waals surface area contributed by atoms with Gasteiger partial charge in [-0.2, -0.15) is 0 Å². The molecule has 0 unspecified atom stereocenters. The third-order valence-corrected chi connectivity index (χ3v) is 4.71. The van der Waals surface area contributed by atoms with E-state index in [-0.39, 0.29) is 11.7 Å². The standard InChI is InChI=1S/C19H17ClN4OS/c1-12-6-7-14(20)9-16(12)24-18(25)11-26-19-10-17(22-13(2)23-19)15-5-3-4-8-21-15/h3-10H,11H2,1-2H3,(H,24,25). The van der Waals surface area contributed by atoms with Crippen molar-refractivity contribution in [2.24, 2.45) is 0 Å². The fourth-order valence-electron chi connectivity index (χ4n) is 2.31. The number of carbonyl (C=O) groups excluding carboxylic acids is 1. The first-order valence-corrected chi connectivity index (χ1v) is 9.33. The van der Waals surface area contributed by atoms with Crippen LogP contribution in [0.4, 0.5) is 5.69 Å². The van der Waals surface area contributed by atoms with E-state index in [0.29, 0.717) is 10.8 Å². The Balaban J connectivity index is 1.68. The summed E-state index contributed by atoms with van der Waals surface area (Å²) in [5.41, 5.74) is 3.20. The number of rotatable bonds is 5. The van der Waals surface area contributed by atoms with Gasteiger partial charge in [-0.3, -0.25) is 9.78 Å². The molecule has 0 aliphatic carbocycles. The Bertz CT molecular complexity index is 934. The maximum absolute atomic E-state index is 12.3. The van der Waals surface area contributed by atoms with E-state index in [2.05, 4.69) is 20.3 Å². The van der Waals surface area contributed by atoms with E-state index in [1.807, 2.05) is 44.2 Å². The topological polar surface area (TPSA) is 67.8 Å². The van der Waals surface area contributed by atoms with Crippen molar-refractivity contribution in [2.75, 3.05) is 11.1 Å². The van der Waals surface area contributed by atoms with Crippen LogP contribution in [0.2, 0.25) is 5.02 Å². The zero-order chi connectivity index (χ0) is 18.5. The molecule has 3 rings (SSSR count). The van der Waals surface area contributed by atoms with E-state index in [1.165, 1.54) is 11.8 Å². The highest BCUT2D eigenvalue weighted by Gasteiger charge is 2.10. The van der Waals surface area contributed by atoms with Crippen LogP contribution in [0.5, 0.6) is 0 Å². The van der Waals surface area contributed by atoms with Crippen molar-refractivity contribution in [2.45, 2.75) is 18.9 Å². The summed E-state index contributed by atoms with van der Waals surface area (Å²) in [7, 11) is 0. The molecule has 132 valence electrons. The van der Waals surface area contributed by atoms with Crippen molar-refractivity contribution in [3.63, 3.8) is 0 Å². The van der Waals surface area contributed by atoms with Crippen molar-refractivity contribution in [3.8, 4) is 11.4 Å². The molecule has 1 amide bonds. The number of benzene rings is 1. The lowest BCUT2D eigenvalue weighted by Crippen LogP contribution is -2.15. The second-order valence-electron chi connectivity index (χ2n) is 5.65. The highest BCUT2D eigenvalue weighted by Crippen LogP contribution is 2.23. The molecule has 0 saturated carbocycles. The summed E-state index contributed by atoms with van der Waals surface area (Å²) < 4.78 is 0. The fourth-order valence-corrected chi connectivity index (χ4v) is 3.23. The van der Waals surface area contributed by atoms with Gasteiger partial charge in [0.1, 0.15) is 10.9 Å². The Morgan fingerprint density at radius 3 is 2.73 bits per heavy atom. The predicted octanol–water partition coefficient (Wildman–Crippen LogP) is 4.54. The van der Waals surface area contributed by atoms with Gasteiger partial charge in [-0.05, 0) is 49.7 Å². The maximum Gasteiger partial charge on any atom is 0.234 e. The summed E-state index contributed by atoms with van der Waals surface area (Å²) in [4.78, 5) is 25.4. The van der Waals surface area contributed by atoms with Crippen LogP contribution in [-0.4, -0.2) is 26.6 Å². The molecule has 0 radical (unpaired) electrons. The Labute approximate surface area is 161 Å². The number of hydrogen-bond donors (Lipinski definition) is 1. The highest BCUT2D eigenvalue weighted by atomic mass is 35.5. The molecule has 3 aromatic rings. The van der Waals surface area contributed by atoms with Crippen LogP contribution in [0.3, 0.4) is 0 Å². The van der Waals surface area contributed by atoms with E-state index in [1.54, 1.807) is 18.3 Å². The molecular formula is C19H17ClN4OS. The second kappa shape index (κ2) is 8.29. The molecule has 0 saturated heterocycles. The Hall–Kier alpha value is -2.44. The number of nitrogens with one attached hydrogen (secondary N) is 1. The Kier molecular flexibility index (Phi) is 5.85. The molecule has 0 atom stereocenters. The molecule has 26 heavy (non-hydrogen) atoms. The van der Waals surface area contributed by atoms with Crippen LogP contribution in [0.15, 0.2) is 53.7 Å². The normalized spacial score (nSPS) is 10.6. The Morgan fingerprint density at radius 2 is 1.96 bits per heavy atom. The van der Waals surface area contributed by atoms with Gasteiger partial charge < -0.3 is 5.32 Å². The second-order valence-corrected chi connectivity index (χ2v) is 7.08. The minimum absolute atomic E-state index is 0.115. The molecule has 0 spiro atoms. The molecule has 0 bridgehead atoms. The number of thioether (sulfide) groups is 1. The first-order chi connectivity index (χ1) is 12.5. The summed E-state index contributed by atoms with van der Waals surface area (Å²) in [6.45, 7) is 3.75. The van der Waals surface area contributed by atoms with E-state index in [0.717, 1.165) is 27.7 Å². The summed E-state index contributed by atoms with van der Waals surface area (Å²) in [6.07, 6.45) is 1.72. The van der Waals surface area contributed by atoms with Crippen LogP contribution >= 0.6 is 23.4 Å². The van der Waals surface area contributed by atoms with Crippen LogP contribution in [0.25, 0.3) is 11.4 Å². The zero-order valence-corrected chi connectivity index (χ0v) is 15.9. The van der Waals surface area contributed by atoms with Crippen LogP contribution in [0, 0.1) is 13.8 Å². The first kappa shape index (κ1) is 18.4. The highest BCUT2D eigenvalue weighted by molar-refractivity contribution is 7.99. The number of halogens is 1. The molecule has 0 aliphatic heterocycles. The number of carbonyl (C=O) groups is 1. The van der Waals surface area contributed by atoms with Crippen molar-refractivity contribution < 1.29 is 4.79 Å². The van der Waals surface area contributed by atoms with Gasteiger partial charge in [-0.25, -0.2) is 9.97 Å². The van der Waals surface area contributed by atoms with Crippen molar-refractivity contribution in [3.05, 3.63) is 65.1 Å². The van der Waals surface area contributed by atoms with E-state index >= 15 is 0 Å². The molecular weight excluding hydrogens is 368 g/mol. The monoisotopic (exact) mass is 384 g/mol. The van der Waals surface area contributed by atoms with Gasteiger partial charge >= 0.3 is 0 Å². The number of aryl methyl sites for hydroxylation is 2. The molecule has 0 fully saturated rings. The van der Waals surface area contributed by atoms with Gasteiger partial charge in [0.2, 0.25) is 5.91 Å². The van der Waals surface area contributed by atoms with Gasteiger partial charge in [0.05, 0.1) is 17.1 Å². The molecule has 2 aromatic heterocycles. The fraction of sp³-hybridized carbons (Fsp3) is 0.158. The third kappa shape index (κ3) is 4.80. The van der Waals surface area contributed by atoms with Gasteiger partial charge in [-0.15, -0.1) is 0 Å². The minimum Gasteiger partial charge on any atom is -0.325 e. The molecule has 1 N–H and O–H groups in total.